The number of pyridine rings is 1. The summed E-state index contributed by atoms with van der Waals surface area (Å²) in [6.07, 6.45) is 2.76. The van der Waals surface area contributed by atoms with Crippen LogP contribution in [0.5, 0.6) is 11.6 Å². The Morgan fingerprint density at radius 2 is 1.79 bits per heavy atom. The number of nitrogen functional groups attached to an aromatic ring is 1. The van der Waals surface area contributed by atoms with E-state index in [0.29, 0.717) is 17.3 Å². The Bertz CT molecular complexity index is 694. The second-order valence-electron chi connectivity index (χ2n) is 4.19. The number of hydrogen-bond acceptors (Lipinski definition) is 5. The molecule has 0 aliphatic rings. The number of ether oxygens (including phenoxy) is 1. The van der Waals surface area contributed by atoms with E-state index in [2.05, 4.69) is 4.98 Å². The molecule has 0 fully saturated rings. The number of aryl methyl sites for hydroxylation is 1. The van der Waals surface area contributed by atoms with Crippen LogP contribution in [0, 0.1) is 6.92 Å². The lowest BCUT2D eigenvalue weighted by molar-refractivity contribution is 0.465. The Balaban J connectivity index is 2.27. The Morgan fingerprint density at radius 1 is 1.16 bits per heavy atom. The SMILES string of the molecule is Cc1ccnc(Oc2ccc(S(C)(=O)=O)cc2)c1N. The standard InChI is InChI=1S/C13H14N2O3S/c1-9-7-8-15-13(12(9)14)18-10-3-5-11(6-4-10)19(2,16)17/h3-8H,14H2,1-2H3. The Morgan fingerprint density at radius 3 is 2.37 bits per heavy atom. The summed E-state index contributed by atoms with van der Waals surface area (Å²) >= 11 is 0. The fourth-order valence-corrected chi connectivity index (χ4v) is 2.12. The molecular weight excluding hydrogens is 264 g/mol. The van der Waals surface area contributed by atoms with Gasteiger partial charge in [-0.25, -0.2) is 13.4 Å². The van der Waals surface area contributed by atoms with Crippen LogP contribution in [-0.2, 0) is 9.84 Å². The molecule has 100 valence electrons. The van der Waals surface area contributed by atoms with Gasteiger partial charge in [0.05, 0.1) is 10.6 Å². The Hall–Kier alpha value is -2.08. The highest BCUT2D eigenvalue weighted by Crippen LogP contribution is 2.27. The largest absolute Gasteiger partial charge is 0.437 e. The van der Waals surface area contributed by atoms with Crippen molar-refractivity contribution in [3.8, 4) is 11.6 Å². The Kier molecular flexibility index (Phi) is 3.44. The summed E-state index contributed by atoms with van der Waals surface area (Å²) in [7, 11) is -3.20. The van der Waals surface area contributed by atoms with E-state index in [0.717, 1.165) is 11.8 Å². The number of rotatable bonds is 3. The third-order valence-electron chi connectivity index (χ3n) is 2.64. The topological polar surface area (TPSA) is 82.3 Å². The van der Waals surface area contributed by atoms with Crippen molar-refractivity contribution in [1.29, 1.82) is 0 Å². The molecule has 1 aromatic carbocycles. The normalized spacial score (nSPS) is 11.3. The summed E-state index contributed by atoms with van der Waals surface area (Å²) in [6, 6.07) is 7.89. The molecule has 0 aliphatic carbocycles. The monoisotopic (exact) mass is 278 g/mol. The lowest BCUT2D eigenvalue weighted by Crippen LogP contribution is -1.98. The first-order valence-corrected chi connectivity index (χ1v) is 7.46. The van der Waals surface area contributed by atoms with Gasteiger partial charge in [0.1, 0.15) is 5.75 Å². The average Bonchev–Trinajstić information content (AvgIpc) is 2.35. The maximum Gasteiger partial charge on any atom is 0.242 e. The van der Waals surface area contributed by atoms with Crippen molar-refractivity contribution in [2.24, 2.45) is 0 Å². The highest BCUT2D eigenvalue weighted by atomic mass is 32.2. The zero-order valence-electron chi connectivity index (χ0n) is 10.6. The third kappa shape index (κ3) is 3.03. The number of anilines is 1. The number of nitrogens with two attached hydrogens (primary N) is 1. The van der Waals surface area contributed by atoms with Gasteiger partial charge in [-0.2, -0.15) is 0 Å². The predicted octanol–water partition coefficient (Wildman–Crippen LogP) is 2.17. The maximum absolute atomic E-state index is 11.3. The molecule has 19 heavy (non-hydrogen) atoms. The second kappa shape index (κ2) is 4.89. The summed E-state index contributed by atoms with van der Waals surface area (Å²) in [6.45, 7) is 1.86. The number of benzene rings is 1. The summed E-state index contributed by atoms with van der Waals surface area (Å²) in [5.41, 5.74) is 7.19. The molecule has 6 heteroatoms. The van der Waals surface area contributed by atoms with Crippen molar-refractivity contribution in [2.75, 3.05) is 12.0 Å². The highest BCUT2D eigenvalue weighted by molar-refractivity contribution is 7.90. The molecule has 0 bridgehead atoms. The van der Waals surface area contributed by atoms with Gasteiger partial charge in [-0.15, -0.1) is 0 Å². The molecule has 0 aliphatic heterocycles. The van der Waals surface area contributed by atoms with Crippen LogP contribution >= 0.6 is 0 Å². The van der Waals surface area contributed by atoms with Crippen LogP contribution < -0.4 is 10.5 Å². The lowest BCUT2D eigenvalue weighted by atomic mass is 10.2. The van der Waals surface area contributed by atoms with Gasteiger partial charge in [-0.1, -0.05) is 0 Å². The molecule has 0 amide bonds. The van der Waals surface area contributed by atoms with Crippen LogP contribution in [0.2, 0.25) is 0 Å². The van der Waals surface area contributed by atoms with Crippen molar-refractivity contribution < 1.29 is 13.2 Å². The number of aromatic nitrogens is 1. The van der Waals surface area contributed by atoms with E-state index in [1.807, 2.05) is 6.92 Å². The van der Waals surface area contributed by atoms with Gasteiger partial charge >= 0.3 is 0 Å². The number of sulfone groups is 1. The van der Waals surface area contributed by atoms with Crippen LogP contribution in [-0.4, -0.2) is 19.7 Å². The quantitative estimate of drug-likeness (QED) is 0.930. The van der Waals surface area contributed by atoms with Crippen LogP contribution in [0.15, 0.2) is 41.4 Å². The highest BCUT2D eigenvalue weighted by Gasteiger charge is 2.09. The molecule has 0 radical (unpaired) electrons. The molecule has 2 aromatic rings. The van der Waals surface area contributed by atoms with E-state index in [4.69, 9.17) is 10.5 Å². The average molecular weight is 278 g/mol. The first kappa shape index (κ1) is 13.4. The molecular formula is C13H14N2O3S. The van der Waals surface area contributed by atoms with Gasteiger partial charge in [0.25, 0.3) is 0 Å². The lowest BCUT2D eigenvalue weighted by Gasteiger charge is -2.09. The summed E-state index contributed by atoms with van der Waals surface area (Å²) in [5, 5.41) is 0. The second-order valence-corrected chi connectivity index (χ2v) is 6.21. The minimum atomic E-state index is -3.20. The van der Waals surface area contributed by atoms with Gasteiger partial charge in [0, 0.05) is 12.5 Å². The van der Waals surface area contributed by atoms with E-state index in [9.17, 15) is 8.42 Å². The first-order valence-electron chi connectivity index (χ1n) is 5.57. The molecule has 0 atom stereocenters. The van der Waals surface area contributed by atoms with E-state index in [-0.39, 0.29) is 4.90 Å². The van der Waals surface area contributed by atoms with Crippen molar-refractivity contribution in [2.45, 2.75) is 11.8 Å². The van der Waals surface area contributed by atoms with Crippen molar-refractivity contribution >= 4 is 15.5 Å². The summed E-state index contributed by atoms with van der Waals surface area (Å²) in [5.74, 6) is 0.796. The van der Waals surface area contributed by atoms with Crippen LogP contribution in [0.3, 0.4) is 0 Å². The zero-order valence-corrected chi connectivity index (χ0v) is 11.4. The minimum Gasteiger partial charge on any atom is -0.437 e. The maximum atomic E-state index is 11.3. The van der Waals surface area contributed by atoms with E-state index in [1.165, 1.54) is 12.1 Å². The fraction of sp³-hybridized carbons (Fsp3) is 0.154. The van der Waals surface area contributed by atoms with Gasteiger partial charge in [0.2, 0.25) is 5.88 Å². The van der Waals surface area contributed by atoms with Crippen LogP contribution in [0.1, 0.15) is 5.56 Å². The molecule has 0 saturated carbocycles. The van der Waals surface area contributed by atoms with E-state index < -0.39 is 9.84 Å². The number of nitrogens with zero attached hydrogens (tertiary/aromatic N) is 1. The number of hydrogen-bond donors (Lipinski definition) is 1. The van der Waals surface area contributed by atoms with E-state index >= 15 is 0 Å². The molecule has 2 N–H and O–H groups in total. The third-order valence-corrected chi connectivity index (χ3v) is 3.77. The predicted molar refractivity (Wildman–Crippen MR) is 73.0 cm³/mol. The molecule has 2 rings (SSSR count). The van der Waals surface area contributed by atoms with Crippen LogP contribution in [0.4, 0.5) is 5.69 Å². The molecule has 1 heterocycles. The molecule has 5 nitrogen and oxygen atoms in total. The van der Waals surface area contributed by atoms with Crippen molar-refractivity contribution in [1.82, 2.24) is 4.98 Å². The fourth-order valence-electron chi connectivity index (χ4n) is 1.49. The van der Waals surface area contributed by atoms with Gasteiger partial charge in [-0.3, -0.25) is 0 Å². The van der Waals surface area contributed by atoms with Gasteiger partial charge < -0.3 is 10.5 Å². The van der Waals surface area contributed by atoms with Crippen LogP contribution in [0.25, 0.3) is 0 Å². The molecule has 1 aromatic heterocycles. The Labute approximate surface area is 112 Å². The molecule has 0 saturated heterocycles. The van der Waals surface area contributed by atoms with Crippen molar-refractivity contribution in [3.63, 3.8) is 0 Å². The molecule has 0 spiro atoms. The van der Waals surface area contributed by atoms with E-state index in [1.54, 1.807) is 24.4 Å². The smallest absolute Gasteiger partial charge is 0.242 e. The summed E-state index contributed by atoms with van der Waals surface area (Å²) < 4.78 is 28.2. The minimum absolute atomic E-state index is 0.241. The van der Waals surface area contributed by atoms with Crippen molar-refractivity contribution in [3.05, 3.63) is 42.1 Å². The first-order chi connectivity index (χ1) is 8.88. The summed E-state index contributed by atoms with van der Waals surface area (Å²) in [4.78, 5) is 4.28. The van der Waals surface area contributed by atoms with Gasteiger partial charge in [0.15, 0.2) is 9.84 Å². The van der Waals surface area contributed by atoms with Gasteiger partial charge in [-0.05, 0) is 42.8 Å². The zero-order chi connectivity index (χ0) is 14.0. The molecule has 0 unspecified atom stereocenters.